The van der Waals surface area contributed by atoms with Crippen molar-refractivity contribution in [1.82, 2.24) is 20.1 Å². The van der Waals surface area contributed by atoms with Gasteiger partial charge in [-0.25, -0.2) is 4.98 Å². The predicted molar refractivity (Wildman–Crippen MR) is 87.2 cm³/mol. The fraction of sp³-hybridized carbons (Fsp3) is 0.357. The van der Waals surface area contributed by atoms with E-state index < -0.39 is 6.04 Å². The van der Waals surface area contributed by atoms with Gasteiger partial charge in [0.25, 0.3) is 0 Å². The molecule has 2 rings (SSSR count). The molecule has 2 atom stereocenters. The highest BCUT2D eigenvalue weighted by Crippen LogP contribution is 2.25. The summed E-state index contributed by atoms with van der Waals surface area (Å²) in [5, 5.41) is 11.0. The fourth-order valence-corrected chi connectivity index (χ4v) is 2.39. The smallest absolute Gasteiger partial charge is 0.242 e. The normalized spacial score (nSPS) is 13.5. The monoisotopic (exact) mass is 341 g/mol. The molecule has 0 saturated heterocycles. The van der Waals surface area contributed by atoms with Gasteiger partial charge in [-0.15, -0.1) is 0 Å². The van der Waals surface area contributed by atoms with Crippen LogP contribution in [-0.2, 0) is 11.3 Å². The molecule has 0 spiro atoms. The van der Waals surface area contributed by atoms with Gasteiger partial charge in [-0.3, -0.25) is 9.48 Å². The molecule has 0 radical (unpaired) electrons. The average molecular weight is 342 g/mol. The van der Waals surface area contributed by atoms with Crippen LogP contribution in [0.15, 0.2) is 30.9 Å². The SMILES string of the molecule is C[C@H](Cn1cncn1)NC(=O)[C@@H](C)Nc1ccc(Cl)cc1Cl. The van der Waals surface area contributed by atoms with E-state index in [1.54, 1.807) is 36.1 Å². The van der Waals surface area contributed by atoms with E-state index in [9.17, 15) is 4.79 Å². The molecular formula is C14H17Cl2N5O. The van der Waals surface area contributed by atoms with Crippen LogP contribution in [0.4, 0.5) is 5.69 Å². The lowest BCUT2D eigenvalue weighted by Crippen LogP contribution is -2.43. The Labute approximate surface area is 138 Å². The van der Waals surface area contributed by atoms with Crippen LogP contribution in [0.1, 0.15) is 13.8 Å². The molecule has 1 aromatic carbocycles. The lowest BCUT2D eigenvalue weighted by atomic mass is 10.2. The second kappa shape index (κ2) is 7.47. The minimum atomic E-state index is -0.433. The zero-order valence-corrected chi connectivity index (χ0v) is 13.8. The number of carbonyl (C=O) groups excluding carboxylic acids is 1. The number of benzene rings is 1. The predicted octanol–water partition coefficient (Wildman–Crippen LogP) is 2.59. The summed E-state index contributed by atoms with van der Waals surface area (Å²) < 4.78 is 1.67. The molecule has 0 bridgehead atoms. The third-order valence-electron chi connectivity index (χ3n) is 3.01. The number of rotatable bonds is 6. The number of amides is 1. The van der Waals surface area contributed by atoms with E-state index in [1.165, 1.54) is 6.33 Å². The molecule has 0 unspecified atom stereocenters. The van der Waals surface area contributed by atoms with Gasteiger partial charge in [0, 0.05) is 11.1 Å². The molecule has 8 heteroatoms. The Balaban J connectivity index is 1.88. The maximum absolute atomic E-state index is 12.2. The van der Waals surface area contributed by atoms with E-state index in [0.717, 1.165) is 0 Å². The molecule has 118 valence electrons. The van der Waals surface area contributed by atoms with Crippen LogP contribution in [-0.4, -0.2) is 32.8 Å². The minimum absolute atomic E-state index is 0.0702. The van der Waals surface area contributed by atoms with E-state index in [1.807, 2.05) is 6.92 Å². The molecule has 1 amide bonds. The number of nitrogens with one attached hydrogen (secondary N) is 2. The number of aromatic nitrogens is 3. The molecular weight excluding hydrogens is 325 g/mol. The van der Waals surface area contributed by atoms with E-state index in [0.29, 0.717) is 22.3 Å². The van der Waals surface area contributed by atoms with Gasteiger partial charge in [0.15, 0.2) is 0 Å². The number of carbonyl (C=O) groups is 1. The molecule has 6 nitrogen and oxygen atoms in total. The summed E-state index contributed by atoms with van der Waals surface area (Å²) in [7, 11) is 0. The second-order valence-electron chi connectivity index (χ2n) is 5.02. The molecule has 1 aromatic heterocycles. The van der Waals surface area contributed by atoms with Crippen LogP contribution in [0.3, 0.4) is 0 Å². The first-order valence-corrected chi connectivity index (χ1v) is 7.55. The summed E-state index contributed by atoms with van der Waals surface area (Å²) in [6.45, 7) is 4.23. The van der Waals surface area contributed by atoms with Gasteiger partial charge in [0.2, 0.25) is 5.91 Å². The zero-order chi connectivity index (χ0) is 16.1. The van der Waals surface area contributed by atoms with Gasteiger partial charge in [0.1, 0.15) is 18.7 Å². The highest BCUT2D eigenvalue weighted by Gasteiger charge is 2.16. The van der Waals surface area contributed by atoms with Gasteiger partial charge in [-0.2, -0.15) is 5.10 Å². The lowest BCUT2D eigenvalue weighted by Gasteiger charge is -2.19. The molecule has 0 fully saturated rings. The van der Waals surface area contributed by atoms with Crippen molar-refractivity contribution in [2.24, 2.45) is 0 Å². The van der Waals surface area contributed by atoms with Gasteiger partial charge in [-0.05, 0) is 32.0 Å². The van der Waals surface area contributed by atoms with E-state index in [2.05, 4.69) is 20.7 Å². The zero-order valence-electron chi connectivity index (χ0n) is 12.3. The Morgan fingerprint density at radius 1 is 1.36 bits per heavy atom. The second-order valence-corrected chi connectivity index (χ2v) is 5.86. The quantitative estimate of drug-likeness (QED) is 0.846. The van der Waals surface area contributed by atoms with Crippen molar-refractivity contribution in [2.75, 3.05) is 5.32 Å². The summed E-state index contributed by atoms with van der Waals surface area (Å²) >= 11 is 11.9. The van der Waals surface area contributed by atoms with Crippen LogP contribution in [0.25, 0.3) is 0 Å². The highest BCUT2D eigenvalue weighted by molar-refractivity contribution is 6.36. The van der Waals surface area contributed by atoms with E-state index in [4.69, 9.17) is 23.2 Å². The Morgan fingerprint density at radius 2 is 2.14 bits per heavy atom. The molecule has 0 saturated carbocycles. The van der Waals surface area contributed by atoms with Gasteiger partial charge in [-0.1, -0.05) is 23.2 Å². The summed E-state index contributed by atoms with van der Waals surface area (Å²) in [6, 6.07) is 4.58. The standard InChI is InChI=1S/C14H17Cl2N5O/c1-9(6-21-8-17-7-18-21)19-14(22)10(2)20-13-4-3-11(15)5-12(13)16/h3-5,7-10,20H,6H2,1-2H3,(H,19,22)/t9-,10-/m1/s1. The van der Waals surface area contributed by atoms with Crippen molar-refractivity contribution >= 4 is 34.8 Å². The molecule has 2 aromatic rings. The maximum Gasteiger partial charge on any atom is 0.242 e. The number of nitrogens with zero attached hydrogens (tertiary/aromatic N) is 3. The molecule has 2 N–H and O–H groups in total. The summed E-state index contributed by atoms with van der Waals surface area (Å²) in [5.74, 6) is -0.126. The third-order valence-corrected chi connectivity index (χ3v) is 3.56. The Bertz CT molecular complexity index is 632. The van der Waals surface area contributed by atoms with E-state index in [-0.39, 0.29) is 11.9 Å². The topological polar surface area (TPSA) is 71.8 Å². The van der Waals surface area contributed by atoms with Crippen LogP contribution >= 0.6 is 23.2 Å². The summed E-state index contributed by atoms with van der Waals surface area (Å²) in [5.41, 5.74) is 0.664. The largest absolute Gasteiger partial charge is 0.373 e. The van der Waals surface area contributed by atoms with Crippen molar-refractivity contribution in [2.45, 2.75) is 32.5 Å². The first kappa shape index (κ1) is 16.6. The summed E-state index contributed by atoms with van der Waals surface area (Å²) in [6.07, 6.45) is 3.07. The molecule has 0 aliphatic heterocycles. The van der Waals surface area contributed by atoms with Crippen LogP contribution in [0.5, 0.6) is 0 Å². The van der Waals surface area contributed by atoms with Crippen LogP contribution in [0.2, 0.25) is 10.0 Å². The first-order chi connectivity index (χ1) is 10.5. The van der Waals surface area contributed by atoms with Crippen LogP contribution in [0, 0.1) is 0 Å². The minimum Gasteiger partial charge on any atom is -0.373 e. The molecule has 1 heterocycles. The molecule has 22 heavy (non-hydrogen) atoms. The van der Waals surface area contributed by atoms with Crippen molar-refractivity contribution in [3.63, 3.8) is 0 Å². The van der Waals surface area contributed by atoms with Crippen LogP contribution < -0.4 is 10.6 Å². The van der Waals surface area contributed by atoms with Crippen molar-refractivity contribution in [3.8, 4) is 0 Å². The van der Waals surface area contributed by atoms with Crippen molar-refractivity contribution in [3.05, 3.63) is 40.9 Å². The number of hydrogen-bond donors (Lipinski definition) is 2. The maximum atomic E-state index is 12.2. The highest BCUT2D eigenvalue weighted by atomic mass is 35.5. The Hall–Kier alpha value is -1.79. The number of anilines is 1. The first-order valence-electron chi connectivity index (χ1n) is 6.80. The lowest BCUT2D eigenvalue weighted by molar-refractivity contribution is -0.122. The summed E-state index contributed by atoms with van der Waals surface area (Å²) in [4.78, 5) is 16.0. The van der Waals surface area contributed by atoms with Crippen molar-refractivity contribution < 1.29 is 4.79 Å². The average Bonchev–Trinajstić information content (AvgIpc) is 2.94. The Morgan fingerprint density at radius 3 is 2.77 bits per heavy atom. The molecule has 0 aliphatic rings. The molecule has 0 aliphatic carbocycles. The Kier molecular flexibility index (Phi) is 5.63. The van der Waals surface area contributed by atoms with Crippen molar-refractivity contribution in [1.29, 1.82) is 0 Å². The van der Waals surface area contributed by atoms with Gasteiger partial charge < -0.3 is 10.6 Å². The third kappa shape index (κ3) is 4.61. The van der Waals surface area contributed by atoms with Gasteiger partial charge in [0.05, 0.1) is 17.3 Å². The number of halogens is 2. The van der Waals surface area contributed by atoms with Gasteiger partial charge >= 0.3 is 0 Å². The van der Waals surface area contributed by atoms with E-state index >= 15 is 0 Å². The fourth-order valence-electron chi connectivity index (χ4n) is 1.93. The number of hydrogen-bond acceptors (Lipinski definition) is 4.